The molecule has 8 heteroatoms. The van der Waals surface area contributed by atoms with Crippen LogP contribution in [0, 0.1) is 0 Å². The molecule has 4 rings (SSSR count). The predicted octanol–water partition coefficient (Wildman–Crippen LogP) is 5.00. The molecule has 2 saturated heterocycles. The predicted molar refractivity (Wildman–Crippen MR) is 144 cm³/mol. The maximum absolute atomic E-state index is 13.5. The van der Waals surface area contributed by atoms with Gasteiger partial charge in [0, 0.05) is 24.3 Å². The topological polar surface area (TPSA) is 94.5 Å². The standard InChI is InChI=1S/C30H37NO7/c1-7-37-23-13-10-18(16-24(23)36-6)26-25(28(33)29(34)31(26)17-20-9-8-14-38-20)27(32)19-11-12-22(35-5)21(15-19)30(2,3)4/h10-13,15-16,20,26,32H,7-9,14,17H2,1-6H3/b27-25+. The molecule has 0 aromatic heterocycles. The van der Waals surface area contributed by atoms with Gasteiger partial charge in [-0.2, -0.15) is 0 Å². The van der Waals surface area contributed by atoms with E-state index in [1.807, 2.05) is 33.8 Å². The maximum atomic E-state index is 13.5. The summed E-state index contributed by atoms with van der Waals surface area (Å²) >= 11 is 0. The molecular weight excluding hydrogens is 486 g/mol. The Morgan fingerprint density at radius 1 is 1.05 bits per heavy atom. The van der Waals surface area contributed by atoms with Crippen molar-refractivity contribution in [3.63, 3.8) is 0 Å². The molecule has 2 aliphatic rings. The monoisotopic (exact) mass is 523 g/mol. The second-order valence-corrected chi connectivity index (χ2v) is 10.6. The van der Waals surface area contributed by atoms with Crippen LogP contribution in [0.4, 0.5) is 0 Å². The molecule has 2 aliphatic heterocycles. The molecule has 0 bridgehead atoms. The number of aliphatic hydroxyl groups is 1. The van der Waals surface area contributed by atoms with Gasteiger partial charge in [-0.25, -0.2) is 0 Å². The molecule has 2 fully saturated rings. The van der Waals surface area contributed by atoms with Gasteiger partial charge < -0.3 is 29.0 Å². The average Bonchev–Trinajstić information content (AvgIpc) is 3.50. The Labute approximate surface area is 224 Å². The Balaban J connectivity index is 1.88. The molecule has 8 nitrogen and oxygen atoms in total. The smallest absolute Gasteiger partial charge is 0.295 e. The fraction of sp³-hybridized carbons (Fsp3) is 0.467. The lowest BCUT2D eigenvalue weighted by Gasteiger charge is -2.28. The summed E-state index contributed by atoms with van der Waals surface area (Å²) in [7, 11) is 3.14. The Morgan fingerprint density at radius 2 is 1.76 bits per heavy atom. The van der Waals surface area contributed by atoms with Crippen LogP contribution in [-0.2, 0) is 19.7 Å². The zero-order valence-corrected chi connectivity index (χ0v) is 23.0. The third-order valence-electron chi connectivity index (χ3n) is 7.05. The molecule has 1 amide bonds. The van der Waals surface area contributed by atoms with Gasteiger partial charge in [-0.05, 0) is 61.1 Å². The summed E-state index contributed by atoms with van der Waals surface area (Å²) in [5, 5.41) is 11.6. The minimum atomic E-state index is -0.816. The Kier molecular flexibility index (Phi) is 8.02. The highest BCUT2D eigenvalue weighted by atomic mass is 16.5. The van der Waals surface area contributed by atoms with Gasteiger partial charge in [-0.15, -0.1) is 0 Å². The van der Waals surface area contributed by atoms with E-state index in [9.17, 15) is 14.7 Å². The highest BCUT2D eigenvalue weighted by molar-refractivity contribution is 6.46. The molecule has 0 aliphatic carbocycles. The van der Waals surface area contributed by atoms with Gasteiger partial charge in [0.25, 0.3) is 11.7 Å². The number of hydrogen-bond acceptors (Lipinski definition) is 7. The van der Waals surface area contributed by atoms with Crippen LogP contribution in [0.2, 0.25) is 0 Å². The number of nitrogens with zero attached hydrogens (tertiary/aromatic N) is 1. The zero-order chi connectivity index (χ0) is 27.6. The first-order chi connectivity index (χ1) is 18.1. The second kappa shape index (κ2) is 11.1. The number of aliphatic hydroxyl groups excluding tert-OH is 1. The highest BCUT2D eigenvalue weighted by Gasteiger charge is 2.47. The van der Waals surface area contributed by atoms with Crippen molar-refractivity contribution in [1.82, 2.24) is 4.90 Å². The molecule has 38 heavy (non-hydrogen) atoms. The summed E-state index contributed by atoms with van der Waals surface area (Å²) in [6.07, 6.45) is 1.53. The Hall–Kier alpha value is -3.52. The van der Waals surface area contributed by atoms with Gasteiger partial charge in [-0.1, -0.05) is 26.8 Å². The lowest BCUT2D eigenvalue weighted by atomic mass is 9.84. The molecule has 2 aromatic rings. The Bertz CT molecular complexity index is 1240. The van der Waals surface area contributed by atoms with E-state index in [4.69, 9.17) is 18.9 Å². The number of carbonyl (C=O) groups excluding carboxylic acids is 2. The zero-order valence-electron chi connectivity index (χ0n) is 23.0. The van der Waals surface area contributed by atoms with Gasteiger partial charge in [0.1, 0.15) is 11.5 Å². The minimum Gasteiger partial charge on any atom is -0.507 e. The van der Waals surface area contributed by atoms with Crippen molar-refractivity contribution in [2.24, 2.45) is 0 Å². The third kappa shape index (κ3) is 5.23. The van der Waals surface area contributed by atoms with Crippen molar-refractivity contribution in [2.45, 2.75) is 58.1 Å². The summed E-state index contributed by atoms with van der Waals surface area (Å²) in [5.74, 6) is 0.0899. The van der Waals surface area contributed by atoms with Crippen LogP contribution in [-0.4, -0.2) is 61.8 Å². The highest BCUT2D eigenvalue weighted by Crippen LogP contribution is 2.43. The minimum absolute atomic E-state index is 0.0317. The molecular formula is C30H37NO7. The number of rotatable bonds is 8. The normalized spacial score (nSPS) is 21.2. The van der Waals surface area contributed by atoms with E-state index in [2.05, 4.69) is 0 Å². The van der Waals surface area contributed by atoms with Gasteiger partial charge in [0.2, 0.25) is 0 Å². The summed E-state index contributed by atoms with van der Waals surface area (Å²) in [5.41, 5.74) is 1.69. The molecule has 0 radical (unpaired) electrons. The molecule has 1 N–H and O–H groups in total. The van der Waals surface area contributed by atoms with E-state index >= 15 is 0 Å². The van der Waals surface area contributed by atoms with Crippen LogP contribution in [0.25, 0.3) is 5.76 Å². The molecule has 2 aromatic carbocycles. The van der Waals surface area contributed by atoms with E-state index < -0.39 is 17.7 Å². The number of Topliss-reactive ketones (excluding diaryl/α,β-unsaturated/α-hetero) is 1. The van der Waals surface area contributed by atoms with Crippen LogP contribution in [0.5, 0.6) is 17.2 Å². The lowest BCUT2D eigenvalue weighted by Crippen LogP contribution is -2.36. The fourth-order valence-electron chi connectivity index (χ4n) is 5.15. The van der Waals surface area contributed by atoms with E-state index in [0.29, 0.717) is 41.6 Å². The van der Waals surface area contributed by atoms with Gasteiger partial charge in [-0.3, -0.25) is 9.59 Å². The van der Waals surface area contributed by atoms with Gasteiger partial charge in [0.15, 0.2) is 11.5 Å². The largest absolute Gasteiger partial charge is 0.507 e. The molecule has 0 saturated carbocycles. The number of benzene rings is 2. The quantitative estimate of drug-likeness (QED) is 0.296. The average molecular weight is 524 g/mol. The summed E-state index contributed by atoms with van der Waals surface area (Å²) in [4.78, 5) is 28.4. The lowest BCUT2D eigenvalue weighted by molar-refractivity contribution is -0.140. The van der Waals surface area contributed by atoms with Crippen molar-refractivity contribution < 1.29 is 33.6 Å². The fourth-order valence-corrected chi connectivity index (χ4v) is 5.15. The number of ketones is 1. The van der Waals surface area contributed by atoms with Gasteiger partial charge >= 0.3 is 0 Å². The van der Waals surface area contributed by atoms with Crippen molar-refractivity contribution in [1.29, 1.82) is 0 Å². The van der Waals surface area contributed by atoms with E-state index in [0.717, 1.165) is 18.4 Å². The van der Waals surface area contributed by atoms with E-state index in [-0.39, 0.29) is 29.4 Å². The van der Waals surface area contributed by atoms with Crippen LogP contribution in [0.1, 0.15) is 63.3 Å². The number of hydrogen-bond donors (Lipinski definition) is 1. The first-order valence-electron chi connectivity index (χ1n) is 13.0. The first-order valence-corrected chi connectivity index (χ1v) is 13.0. The number of methoxy groups -OCH3 is 2. The summed E-state index contributed by atoms with van der Waals surface area (Å²) < 4.78 is 22.6. The first kappa shape index (κ1) is 27.5. The van der Waals surface area contributed by atoms with Crippen LogP contribution >= 0.6 is 0 Å². The molecule has 2 heterocycles. The molecule has 2 atom stereocenters. The third-order valence-corrected chi connectivity index (χ3v) is 7.05. The SMILES string of the molecule is CCOc1ccc(C2/C(=C(\O)c3ccc(OC)c(C(C)(C)C)c3)C(=O)C(=O)N2CC2CCCO2)cc1OC. The van der Waals surface area contributed by atoms with Crippen LogP contribution in [0.15, 0.2) is 42.0 Å². The number of ether oxygens (including phenoxy) is 4. The van der Waals surface area contributed by atoms with Crippen molar-refractivity contribution in [3.8, 4) is 17.2 Å². The van der Waals surface area contributed by atoms with Crippen molar-refractivity contribution in [3.05, 3.63) is 58.7 Å². The van der Waals surface area contributed by atoms with Crippen LogP contribution < -0.4 is 14.2 Å². The summed E-state index contributed by atoms with van der Waals surface area (Å²) in [6, 6.07) is 9.79. The number of amides is 1. The van der Waals surface area contributed by atoms with E-state index in [1.165, 1.54) is 12.0 Å². The number of carbonyl (C=O) groups is 2. The van der Waals surface area contributed by atoms with Crippen molar-refractivity contribution >= 4 is 17.4 Å². The molecule has 2 unspecified atom stereocenters. The van der Waals surface area contributed by atoms with Gasteiger partial charge in [0.05, 0.1) is 38.5 Å². The Morgan fingerprint density at radius 3 is 2.37 bits per heavy atom. The van der Waals surface area contributed by atoms with Crippen LogP contribution in [0.3, 0.4) is 0 Å². The molecule has 204 valence electrons. The number of likely N-dealkylation sites (tertiary alicyclic amines) is 1. The second-order valence-electron chi connectivity index (χ2n) is 10.6. The summed E-state index contributed by atoms with van der Waals surface area (Å²) in [6.45, 7) is 9.34. The maximum Gasteiger partial charge on any atom is 0.295 e. The molecule has 0 spiro atoms. The van der Waals surface area contributed by atoms with E-state index in [1.54, 1.807) is 37.4 Å². The van der Waals surface area contributed by atoms with Crippen molar-refractivity contribution in [2.75, 3.05) is 34.0 Å².